The topological polar surface area (TPSA) is 89.2 Å². The number of ether oxygens (including phenoxy) is 2. The largest absolute Gasteiger partial charge is 0.503 e. The molecule has 182 valence electrons. The second kappa shape index (κ2) is 9.05. The maximum atomic E-state index is 15.0. The number of halogens is 2. The van der Waals surface area contributed by atoms with Crippen LogP contribution in [-0.4, -0.2) is 31.0 Å². The molecule has 1 amide bonds. The minimum Gasteiger partial charge on any atom is -0.503 e. The van der Waals surface area contributed by atoms with Gasteiger partial charge in [0.05, 0.1) is 25.8 Å². The Morgan fingerprint density at radius 2 is 1.78 bits per heavy atom. The lowest BCUT2D eigenvalue weighted by atomic mass is 9.94. The number of anilines is 1. The number of hydrogen-bond donors (Lipinski definition) is 1. The Morgan fingerprint density at radius 3 is 2.44 bits per heavy atom. The Morgan fingerprint density at radius 1 is 1.06 bits per heavy atom. The van der Waals surface area contributed by atoms with Gasteiger partial charge >= 0.3 is 0 Å². The summed E-state index contributed by atoms with van der Waals surface area (Å²) in [7, 11) is 2.93. The van der Waals surface area contributed by atoms with Crippen LogP contribution in [0.15, 0.2) is 82.5 Å². The van der Waals surface area contributed by atoms with E-state index in [-0.39, 0.29) is 22.5 Å². The molecule has 7 nitrogen and oxygen atoms in total. The highest BCUT2D eigenvalue weighted by Gasteiger charge is 2.46. The molecule has 4 aromatic rings. The molecule has 3 aromatic carbocycles. The van der Waals surface area contributed by atoms with Crippen molar-refractivity contribution in [2.24, 2.45) is 0 Å². The average molecular weight is 508 g/mol. The SMILES string of the molecule is COc1ccc(N2C(=O)C(O)=C(C(=O)c3cc4cc(Cl)cc(OC)c4o3)C2c2ccccc2F)cc1. The zero-order valence-corrected chi connectivity index (χ0v) is 19.9. The van der Waals surface area contributed by atoms with E-state index in [4.69, 9.17) is 25.5 Å². The predicted molar refractivity (Wildman–Crippen MR) is 131 cm³/mol. The predicted octanol–water partition coefficient (Wildman–Crippen LogP) is 6.03. The summed E-state index contributed by atoms with van der Waals surface area (Å²) in [6.07, 6.45) is 0. The van der Waals surface area contributed by atoms with Crippen molar-refractivity contribution >= 4 is 39.9 Å². The van der Waals surface area contributed by atoms with Crippen LogP contribution in [0.2, 0.25) is 5.02 Å². The van der Waals surface area contributed by atoms with Crippen molar-refractivity contribution < 1.29 is 33.0 Å². The van der Waals surface area contributed by atoms with Crippen molar-refractivity contribution in [1.82, 2.24) is 0 Å². The number of methoxy groups -OCH3 is 2. The summed E-state index contributed by atoms with van der Waals surface area (Å²) < 4.78 is 31.3. The van der Waals surface area contributed by atoms with E-state index in [0.717, 1.165) is 0 Å². The molecule has 1 N–H and O–H groups in total. The maximum absolute atomic E-state index is 15.0. The van der Waals surface area contributed by atoms with E-state index in [2.05, 4.69) is 0 Å². The molecule has 1 unspecified atom stereocenters. The van der Waals surface area contributed by atoms with Crippen LogP contribution in [0.25, 0.3) is 11.0 Å². The maximum Gasteiger partial charge on any atom is 0.294 e. The van der Waals surface area contributed by atoms with Crippen molar-refractivity contribution in [2.45, 2.75) is 6.04 Å². The highest BCUT2D eigenvalue weighted by molar-refractivity contribution is 6.31. The van der Waals surface area contributed by atoms with Crippen molar-refractivity contribution in [3.63, 3.8) is 0 Å². The first kappa shape index (κ1) is 23.4. The number of rotatable bonds is 6. The molecule has 0 saturated carbocycles. The van der Waals surface area contributed by atoms with Gasteiger partial charge in [-0.1, -0.05) is 29.8 Å². The smallest absolute Gasteiger partial charge is 0.294 e. The molecule has 0 aliphatic carbocycles. The summed E-state index contributed by atoms with van der Waals surface area (Å²) in [5, 5.41) is 11.8. The zero-order chi connectivity index (χ0) is 25.6. The Bertz CT molecular complexity index is 1540. The number of nitrogens with zero attached hydrogens (tertiary/aromatic N) is 1. The molecule has 0 saturated heterocycles. The number of furan rings is 1. The molecule has 0 bridgehead atoms. The normalized spacial score (nSPS) is 15.6. The van der Waals surface area contributed by atoms with Crippen LogP contribution in [0.1, 0.15) is 22.2 Å². The van der Waals surface area contributed by atoms with Crippen LogP contribution in [0.5, 0.6) is 11.5 Å². The third kappa shape index (κ3) is 3.76. The van der Waals surface area contributed by atoms with Crippen molar-refractivity contribution in [2.75, 3.05) is 19.1 Å². The number of Topliss-reactive ketones (excluding diaryl/α,β-unsaturated/α-hetero) is 1. The van der Waals surface area contributed by atoms with Gasteiger partial charge in [-0.15, -0.1) is 0 Å². The van der Waals surface area contributed by atoms with E-state index >= 15 is 4.39 Å². The minimum atomic E-state index is -1.25. The average Bonchev–Trinajstić information content (AvgIpc) is 3.42. The Balaban J connectivity index is 1.67. The lowest BCUT2D eigenvalue weighted by Crippen LogP contribution is -2.31. The second-order valence-electron chi connectivity index (χ2n) is 8.03. The Kier molecular flexibility index (Phi) is 5.89. The van der Waals surface area contributed by atoms with Gasteiger partial charge < -0.3 is 19.0 Å². The summed E-state index contributed by atoms with van der Waals surface area (Å²) >= 11 is 6.13. The fourth-order valence-corrected chi connectivity index (χ4v) is 4.54. The fourth-order valence-electron chi connectivity index (χ4n) is 4.32. The van der Waals surface area contributed by atoms with Crippen LogP contribution in [0.3, 0.4) is 0 Å². The highest BCUT2D eigenvalue weighted by Crippen LogP contribution is 2.44. The molecule has 0 radical (unpaired) electrons. The van der Waals surface area contributed by atoms with Crippen LogP contribution in [-0.2, 0) is 4.79 Å². The zero-order valence-electron chi connectivity index (χ0n) is 19.1. The molecule has 9 heteroatoms. The van der Waals surface area contributed by atoms with Gasteiger partial charge in [-0.05, 0) is 42.5 Å². The van der Waals surface area contributed by atoms with Crippen LogP contribution >= 0.6 is 11.6 Å². The van der Waals surface area contributed by atoms with Gasteiger partial charge in [-0.3, -0.25) is 14.5 Å². The third-order valence-corrected chi connectivity index (χ3v) is 6.21. The molecule has 1 atom stereocenters. The van der Waals surface area contributed by atoms with E-state index in [1.165, 1.54) is 49.5 Å². The molecule has 1 aliphatic rings. The van der Waals surface area contributed by atoms with E-state index in [0.29, 0.717) is 27.6 Å². The Labute approximate surface area is 209 Å². The number of hydrogen-bond acceptors (Lipinski definition) is 6. The monoisotopic (exact) mass is 507 g/mol. The molecule has 36 heavy (non-hydrogen) atoms. The molecule has 0 fully saturated rings. The number of aliphatic hydroxyl groups is 1. The molecule has 2 heterocycles. The third-order valence-electron chi connectivity index (χ3n) is 5.99. The van der Waals surface area contributed by atoms with Crippen molar-refractivity contribution in [1.29, 1.82) is 0 Å². The first-order valence-electron chi connectivity index (χ1n) is 10.8. The standard InChI is InChI=1S/C27H19ClFNO6/c1-34-17-9-7-16(8-10-17)30-23(18-5-3-4-6-19(18)29)22(25(32)27(30)33)24(31)20-12-14-11-15(28)13-21(35-2)26(14)36-20/h3-13,23,32H,1-2H3. The first-order valence-corrected chi connectivity index (χ1v) is 11.2. The number of aliphatic hydroxyl groups excluding tert-OH is 1. The summed E-state index contributed by atoms with van der Waals surface area (Å²) in [6.45, 7) is 0. The molecular formula is C27H19ClFNO6. The van der Waals surface area contributed by atoms with Gasteiger partial charge in [0, 0.05) is 27.7 Å². The van der Waals surface area contributed by atoms with Crippen LogP contribution < -0.4 is 14.4 Å². The summed E-state index contributed by atoms with van der Waals surface area (Å²) in [6, 6.07) is 15.5. The fraction of sp³-hybridized carbons (Fsp3) is 0.111. The Hall–Kier alpha value is -4.30. The molecule has 1 aromatic heterocycles. The molecule has 5 rings (SSSR count). The summed E-state index contributed by atoms with van der Waals surface area (Å²) in [4.78, 5) is 28.2. The van der Waals surface area contributed by atoms with E-state index in [9.17, 15) is 14.7 Å². The van der Waals surface area contributed by atoms with Crippen LogP contribution in [0, 0.1) is 5.82 Å². The van der Waals surface area contributed by atoms with Crippen molar-refractivity contribution in [3.05, 3.63) is 100 Å². The summed E-state index contributed by atoms with van der Waals surface area (Å²) in [5.74, 6) is -2.40. The van der Waals surface area contributed by atoms with Gasteiger partial charge in [-0.2, -0.15) is 0 Å². The van der Waals surface area contributed by atoms with E-state index in [1.807, 2.05) is 0 Å². The molecule has 1 aliphatic heterocycles. The lowest BCUT2D eigenvalue weighted by Gasteiger charge is -2.27. The number of amides is 1. The number of carbonyl (C=O) groups excluding carboxylic acids is 2. The number of ketones is 1. The van der Waals surface area contributed by atoms with E-state index < -0.39 is 29.3 Å². The van der Waals surface area contributed by atoms with Crippen molar-refractivity contribution in [3.8, 4) is 11.5 Å². The molecular weight excluding hydrogens is 489 g/mol. The number of benzene rings is 3. The van der Waals surface area contributed by atoms with Gasteiger partial charge in [0.2, 0.25) is 5.78 Å². The van der Waals surface area contributed by atoms with Gasteiger partial charge in [0.25, 0.3) is 5.91 Å². The lowest BCUT2D eigenvalue weighted by molar-refractivity contribution is -0.117. The van der Waals surface area contributed by atoms with Gasteiger partial charge in [0.1, 0.15) is 11.6 Å². The summed E-state index contributed by atoms with van der Waals surface area (Å²) in [5.41, 5.74) is 0.321. The minimum absolute atomic E-state index is 0.0332. The van der Waals surface area contributed by atoms with E-state index in [1.54, 1.807) is 36.4 Å². The second-order valence-corrected chi connectivity index (χ2v) is 8.46. The quantitative estimate of drug-likeness (QED) is 0.321. The number of fused-ring (bicyclic) bond motifs is 1. The number of carbonyl (C=O) groups is 2. The van der Waals surface area contributed by atoms with Crippen LogP contribution in [0.4, 0.5) is 10.1 Å². The van der Waals surface area contributed by atoms with Gasteiger partial charge in [-0.25, -0.2) is 4.39 Å². The van der Waals surface area contributed by atoms with Gasteiger partial charge in [0.15, 0.2) is 22.9 Å². The molecule has 0 spiro atoms. The first-order chi connectivity index (χ1) is 17.3. The highest BCUT2D eigenvalue weighted by atomic mass is 35.5.